The lowest BCUT2D eigenvalue weighted by atomic mass is 10.1. The van der Waals surface area contributed by atoms with Crippen LogP contribution in [0.2, 0.25) is 0 Å². The Morgan fingerprint density at radius 3 is 2.44 bits per heavy atom. The highest BCUT2D eigenvalue weighted by Gasteiger charge is 2.11. The number of halogens is 3. The van der Waals surface area contributed by atoms with Gasteiger partial charge in [0.05, 0.1) is 24.0 Å². The predicted molar refractivity (Wildman–Crippen MR) is 161 cm³/mol. The standard InChI is InChI=1S/C26H19I3N2O3/c1-33-24-13-18(9-10-21(24)27)26(32)31-30-14-16-11-22(28)25(23(29)12-16)34-15-19-7-4-6-17-5-2-3-8-20(17)19/h2-14H,15H2,1H3,(H,31,32)/b30-14-. The average Bonchev–Trinajstić information content (AvgIpc) is 2.84. The normalized spacial score (nSPS) is 11.1. The number of ether oxygens (including phenoxy) is 2. The number of carbonyl (C=O) groups is 1. The van der Waals surface area contributed by atoms with E-state index in [4.69, 9.17) is 9.47 Å². The number of hydrogen-bond donors (Lipinski definition) is 1. The second-order valence-corrected chi connectivity index (χ2v) is 10.8. The first kappa shape index (κ1) is 25.2. The third-order valence-corrected chi connectivity index (χ3v) is 7.56. The minimum atomic E-state index is -0.301. The van der Waals surface area contributed by atoms with Crippen molar-refractivity contribution in [2.75, 3.05) is 7.11 Å². The molecule has 0 radical (unpaired) electrons. The third-order valence-electron chi connectivity index (χ3n) is 5.07. The van der Waals surface area contributed by atoms with E-state index in [1.54, 1.807) is 25.5 Å². The van der Waals surface area contributed by atoms with Crippen LogP contribution in [0.3, 0.4) is 0 Å². The first-order valence-corrected chi connectivity index (χ1v) is 13.5. The van der Waals surface area contributed by atoms with Gasteiger partial charge < -0.3 is 9.47 Å². The number of nitrogens with zero attached hydrogens (tertiary/aromatic N) is 1. The molecule has 0 fully saturated rings. The van der Waals surface area contributed by atoms with E-state index in [0.717, 1.165) is 27.6 Å². The van der Waals surface area contributed by atoms with Gasteiger partial charge in [-0.2, -0.15) is 5.10 Å². The Morgan fingerprint density at radius 1 is 0.941 bits per heavy atom. The van der Waals surface area contributed by atoms with Crippen molar-refractivity contribution in [2.24, 2.45) is 5.10 Å². The molecular formula is C26H19I3N2O3. The van der Waals surface area contributed by atoms with E-state index >= 15 is 0 Å². The maximum atomic E-state index is 12.4. The minimum Gasteiger partial charge on any atom is -0.496 e. The highest BCUT2D eigenvalue weighted by atomic mass is 127. The van der Waals surface area contributed by atoms with Crippen LogP contribution >= 0.6 is 67.8 Å². The Hall–Kier alpha value is -1.93. The molecule has 0 saturated heterocycles. The zero-order valence-corrected chi connectivity index (χ0v) is 24.5. The van der Waals surface area contributed by atoms with E-state index in [1.807, 2.05) is 30.3 Å². The molecule has 4 aromatic carbocycles. The summed E-state index contributed by atoms with van der Waals surface area (Å²) in [6, 6.07) is 23.8. The van der Waals surface area contributed by atoms with Crippen molar-refractivity contribution in [1.82, 2.24) is 5.43 Å². The van der Waals surface area contributed by atoms with E-state index in [-0.39, 0.29) is 5.91 Å². The van der Waals surface area contributed by atoms with Gasteiger partial charge in [-0.1, -0.05) is 42.5 Å². The first-order chi connectivity index (χ1) is 16.5. The number of carbonyl (C=O) groups excluding carboxylic acids is 1. The molecule has 0 aliphatic rings. The molecule has 0 heterocycles. The molecule has 4 rings (SSSR count). The summed E-state index contributed by atoms with van der Waals surface area (Å²) in [5, 5.41) is 6.51. The highest BCUT2D eigenvalue weighted by molar-refractivity contribution is 14.1. The van der Waals surface area contributed by atoms with Crippen molar-refractivity contribution in [3.63, 3.8) is 0 Å². The molecule has 1 amide bonds. The van der Waals surface area contributed by atoms with Gasteiger partial charge in [0.2, 0.25) is 0 Å². The number of hydrogen-bond acceptors (Lipinski definition) is 4. The second-order valence-electron chi connectivity index (χ2n) is 7.29. The van der Waals surface area contributed by atoms with E-state index < -0.39 is 0 Å². The van der Waals surface area contributed by atoms with Crippen molar-refractivity contribution >= 4 is 90.7 Å². The van der Waals surface area contributed by atoms with Crippen LogP contribution in [0.1, 0.15) is 21.5 Å². The van der Waals surface area contributed by atoms with Gasteiger partial charge >= 0.3 is 0 Å². The minimum absolute atomic E-state index is 0.301. The van der Waals surface area contributed by atoms with Crippen LogP contribution in [-0.4, -0.2) is 19.2 Å². The van der Waals surface area contributed by atoms with Gasteiger partial charge in [-0.05, 0) is 120 Å². The second kappa shape index (κ2) is 11.7. The zero-order valence-electron chi connectivity index (χ0n) is 18.0. The molecule has 4 aromatic rings. The maximum absolute atomic E-state index is 12.4. The summed E-state index contributed by atoms with van der Waals surface area (Å²) < 4.78 is 14.4. The fraction of sp³-hybridized carbons (Fsp3) is 0.0769. The summed E-state index contributed by atoms with van der Waals surface area (Å²) >= 11 is 6.69. The van der Waals surface area contributed by atoms with Crippen molar-refractivity contribution in [2.45, 2.75) is 6.61 Å². The molecule has 0 saturated carbocycles. The summed E-state index contributed by atoms with van der Waals surface area (Å²) in [4.78, 5) is 12.4. The summed E-state index contributed by atoms with van der Waals surface area (Å²) in [7, 11) is 1.58. The Bertz CT molecular complexity index is 1360. The van der Waals surface area contributed by atoms with Crippen molar-refractivity contribution in [3.8, 4) is 11.5 Å². The van der Waals surface area contributed by atoms with Crippen LogP contribution in [0.15, 0.2) is 77.9 Å². The van der Waals surface area contributed by atoms with Crippen molar-refractivity contribution < 1.29 is 14.3 Å². The topological polar surface area (TPSA) is 59.9 Å². The lowest BCUT2D eigenvalue weighted by Crippen LogP contribution is -2.17. The van der Waals surface area contributed by atoms with E-state index in [1.165, 1.54) is 10.8 Å². The zero-order chi connectivity index (χ0) is 24.1. The number of fused-ring (bicyclic) bond motifs is 1. The molecular weight excluding hydrogens is 769 g/mol. The average molecular weight is 788 g/mol. The summed E-state index contributed by atoms with van der Waals surface area (Å²) in [6.07, 6.45) is 1.63. The SMILES string of the molecule is COc1cc(C(=O)N/N=C\c2cc(I)c(OCc3cccc4ccccc34)c(I)c2)ccc1I. The van der Waals surface area contributed by atoms with Gasteiger partial charge in [0.25, 0.3) is 5.91 Å². The molecule has 1 N–H and O–H groups in total. The lowest BCUT2D eigenvalue weighted by Gasteiger charge is -2.13. The quantitative estimate of drug-likeness (QED) is 0.125. The maximum Gasteiger partial charge on any atom is 0.271 e. The highest BCUT2D eigenvalue weighted by Crippen LogP contribution is 2.30. The number of benzene rings is 4. The van der Waals surface area contributed by atoms with Crippen molar-refractivity contribution in [1.29, 1.82) is 0 Å². The molecule has 34 heavy (non-hydrogen) atoms. The van der Waals surface area contributed by atoms with Crippen LogP contribution < -0.4 is 14.9 Å². The number of amides is 1. The molecule has 5 nitrogen and oxygen atoms in total. The molecule has 0 aliphatic heterocycles. The Labute approximate surface area is 238 Å². The fourth-order valence-corrected chi connectivity index (χ4v) is 6.07. The van der Waals surface area contributed by atoms with Crippen LogP contribution in [0.5, 0.6) is 11.5 Å². The lowest BCUT2D eigenvalue weighted by molar-refractivity contribution is 0.0954. The van der Waals surface area contributed by atoms with Gasteiger partial charge in [-0.25, -0.2) is 5.43 Å². The van der Waals surface area contributed by atoms with Crippen LogP contribution in [0.4, 0.5) is 0 Å². The number of rotatable bonds is 7. The predicted octanol–water partition coefficient (Wildman–Crippen LogP) is 7.01. The van der Waals surface area contributed by atoms with Gasteiger partial charge in [0.1, 0.15) is 18.1 Å². The molecule has 8 heteroatoms. The number of nitrogens with one attached hydrogen (secondary N) is 1. The van der Waals surface area contributed by atoms with Crippen LogP contribution in [0.25, 0.3) is 10.8 Å². The molecule has 0 spiro atoms. The van der Waals surface area contributed by atoms with Gasteiger partial charge in [-0.15, -0.1) is 0 Å². The Balaban J connectivity index is 1.44. The first-order valence-electron chi connectivity index (χ1n) is 10.2. The van der Waals surface area contributed by atoms with E-state index in [0.29, 0.717) is 17.9 Å². The fourth-order valence-electron chi connectivity index (χ4n) is 3.39. The Morgan fingerprint density at radius 2 is 1.68 bits per heavy atom. The molecule has 0 aromatic heterocycles. The summed E-state index contributed by atoms with van der Waals surface area (Å²) in [6.45, 7) is 0.482. The number of methoxy groups -OCH3 is 1. The van der Waals surface area contributed by atoms with Crippen LogP contribution in [0, 0.1) is 10.7 Å². The Kier molecular flexibility index (Phi) is 8.64. The summed E-state index contributed by atoms with van der Waals surface area (Å²) in [5.74, 6) is 1.19. The van der Waals surface area contributed by atoms with Gasteiger partial charge in [0.15, 0.2) is 0 Å². The van der Waals surface area contributed by atoms with E-state index in [2.05, 4.69) is 109 Å². The van der Waals surface area contributed by atoms with Crippen LogP contribution in [-0.2, 0) is 6.61 Å². The molecule has 172 valence electrons. The smallest absolute Gasteiger partial charge is 0.271 e. The monoisotopic (exact) mass is 788 g/mol. The largest absolute Gasteiger partial charge is 0.496 e. The third kappa shape index (κ3) is 6.00. The van der Waals surface area contributed by atoms with Gasteiger partial charge in [0, 0.05) is 5.56 Å². The molecule has 0 unspecified atom stereocenters. The summed E-state index contributed by atoms with van der Waals surface area (Å²) in [5.41, 5.74) is 5.07. The van der Waals surface area contributed by atoms with Gasteiger partial charge in [-0.3, -0.25) is 4.79 Å². The molecule has 0 bridgehead atoms. The van der Waals surface area contributed by atoms with Crippen molar-refractivity contribution in [3.05, 3.63) is 100 Å². The number of hydrazone groups is 1. The molecule has 0 aliphatic carbocycles. The van der Waals surface area contributed by atoms with E-state index in [9.17, 15) is 4.79 Å². The molecule has 0 atom stereocenters.